The summed E-state index contributed by atoms with van der Waals surface area (Å²) in [5.41, 5.74) is 5.14. The molecule has 0 heterocycles. The lowest BCUT2D eigenvalue weighted by atomic mass is 10.0. The first-order valence-electron chi connectivity index (χ1n) is 5.56. The van der Waals surface area contributed by atoms with Gasteiger partial charge in [0, 0.05) is 18.4 Å². The highest BCUT2D eigenvalue weighted by Crippen LogP contribution is 2.05. The summed E-state index contributed by atoms with van der Waals surface area (Å²) in [6.07, 6.45) is 3.09. The molecule has 15 heavy (non-hydrogen) atoms. The second-order valence-electron chi connectivity index (χ2n) is 4.11. The minimum Gasteiger partial charge on any atom is -0.369 e. The maximum absolute atomic E-state index is 11.3. The fourth-order valence-corrected chi connectivity index (χ4v) is 1.39. The molecule has 88 valence electrons. The van der Waals surface area contributed by atoms with E-state index in [1.165, 1.54) is 0 Å². The van der Waals surface area contributed by atoms with E-state index in [-0.39, 0.29) is 23.8 Å². The van der Waals surface area contributed by atoms with Crippen molar-refractivity contribution < 1.29 is 9.59 Å². The van der Waals surface area contributed by atoms with Crippen molar-refractivity contribution >= 4 is 11.8 Å². The van der Waals surface area contributed by atoms with E-state index in [9.17, 15) is 9.59 Å². The van der Waals surface area contributed by atoms with Crippen molar-refractivity contribution in [1.29, 1.82) is 0 Å². The predicted molar refractivity (Wildman–Crippen MR) is 60.1 cm³/mol. The molecule has 2 amide bonds. The molecule has 0 aromatic rings. The first-order valence-corrected chi connectivity index (χ1v) is 5.56. The first-order chi connectivity index (χ1) is 6.97. The number of nitrogens with one attached hydrogen (secondary N) is 1. The molecule has 0 aliphatic heterocycles. The summed E-state index contributed by atoms with van der Waals surface area (Å²) < 4.78 is 0. The van der Waals surface area contributed by atoms with Crippen molar-refractivity contribution in [3.63, 3.8) is 0 Å². The fraction of sp³-hybridized carbons (Fsp3) is 0.818. The lowest BCUT2D eigenvalue weighted by molar-refractivity contribution is -0.124. The molecule has 0 rings (SSSR count). The van der Waals surface area contributed by atoms with Gasteiger partial charge < -0.3 is 11.1 Å². The number of rotatable bonds is 7. The van der Waals surface area contributed by atoms with Crippen LogP contribution in [0.25, 0.3) is 0 Å². The van der Waals surface area contributed by atoms with Gasteiger partial charge in [-0.1, -0.05) is 20.3 Å². The maximum Gasteiger partial charge on any atom is 0.220 e. The molecule has 0 fully saturated rings. The number of unbranched alkanes of at least 4 members (excludes halogenated alkanes) is 1. The summed E-state index contributed by atoms with van der Waals surface area (Å²) in [7, 11) is 0. The van der Waals surface area contributed by atoms with Crippen molar-refractivity contribution in [2.24, 2.45) is 11.7 Å². The average molecular weight is 214 g/mol. The van der Waals surface area contributed by atoms with Gasteiger partial charge in [-0.3, -0.25) is 9.59 Å². The molecular formula is C11H22N2O2. The lowest BCUT2D eigenvalue weighted by Crippen LogP contribution is -2.35. The third-order valence-electron chi connectivity index (χ3n) is 2.36. The van der Waals surface area contributed by atoms with Crippen molar-refractivity contribution in [3.05, 3.63) is 0 Å². The Bertz CT molecular complexity index is 217. The Kier molecular flexibility index (Phi) is 6.75. The van der Waals surface area contributed by atoms with Gasteiger partial charge in [-0.05, 0) is 19.8 Å². The van der Waals surface area contributed by atoms with Crippen LogP contribution in [0.1, 0.15) is 46.5 Å². The van der Waals surface area contributed by atoms with E-state index in [4.69, 9.17) is 5.73 Å². The van der Waals surface area contributed by atoms with Crippen molar-refractivity contribution in [2.75, 3.05) is 0 Å². The maximum atomic E-state index is 11.3. The Morgan fingerprint density at radius 1 is 1.33 bits per heavy atom. The molecule has 0 aliphatic rings. The van der Waals surface area contributed by atoms with E-state index in [0.29, 0.717) is 12.8 Å². The zero-order valence-corrected chi connectivity index (χ0v) is 9.88. The van der Waals surface area contributed by atoms with E-state index >= 15 is 0 Å². The molecule has 2 atom stereocenters. The van der Waals surface area contributed by atoms with E-state index in [1.54, 1.807) is 6.92 Å². The highest BCUT2D eigenvalue weighted by Gasteiger charge is 2.14. The summed E-state index contributed by atoms with van der Waals surface area (Å²) in [5, 5.41) is 2.85. The largest absolute Gasteiger partial charge is 0.369 e. The molecule has 0 radical (unpaired) electrons. The smallest absolute Gasteiger partial charge is 0.220 e. The normalized spacial score (nSPS) is 14.3. The molecule has 0 aromatic heterocycles. The number of hydrogen-bond acceptors (Lipinski definition) is 2. The van der Waals surface area contributed by atoms with Gasteiger partial charge in [0.05, 0.1) is 0 Å². The Labute approximate surface area is 91.6 Å². The summed E-state index contributed by atoms with van der Waals surface area (Å²) >= 11 is 0. The van der Waals surface area contributed by atoms with Gasteiger partial charge in [-0.2, -0.15) is 0 Å². The number of carbonyl (C=O) groups excluding carboxylic acids is 2. The van der Waals surface area contributed by atoms with E-state index in [1.807, 2.05) is 13.8 Å². The van der Waals surface area contributed by atoms with E-state index < -0.39 is 0 Å². The second-order valence-corrected chi connectivity index (χ2v) is 4.11. The van der Waals surface area contributed by atoms with Crippen LogP contribution < -0.4 is 11.1 Å². The molecule has 0 aliphatic carbocycles. The zero-order valence-electron chi connectivity index (χ0n) is 9.88. The Hall–Kier alpha value is -1.06. The minimum atomic E-state index is -0.315. The van der Waals surface area contributed by atoms with Crippen LogP contribution in [0.3, 0.4) is 0 Å². The fourth-order valence-electron chi connectivity index (χ4n) is 1.39. The zero-order chi connectivity index (χ0) is 11.8. The Balaban J connectivity index is 3.77. The highest BCUT2D eigenvalue weighted by molar-refractivity contribution is 5.77. The van der Waals surface area contributed by atoms with Gasteiger partial charge in [0.15, 0.2) is 0 Å². The summed E-state index contributed by atoms with van der Waals surface area (Å²) in [5.74, 6) is -0.447. The molecule has 4 heteroatoms. The van der Waals surface area contributed by atoms with Gasteiger partial charge >= 0.3 is 0 Å². The van der Waals surface area contributed by atoms with Crippen LogP contribution in [0.2, 0.25) is 0 Å². The average Bonchev–Trinajstić information content (AvgIpc) is 2.14. The number of primary amides is 1. The van der Waals surface area contributed by atoms with Crippen molar-refractivity contribution in [2.45, 2.75) is 52.5 Å². The van der Waals surface area contributed by atoms with Crippen LogP contribution in [-0.4, -0.2) is 17.9 Å². The molecule has 0 saturated heterocycles. The number of nitrogens with two attached hydrogens (primary N) is 1. The van der Waals surface area contributed by atoms with Gasteiger partial charge in [-0.15, -0.1) is 0 Å². The van der Waals surface area contributed by atoms with Gasteiger partial charge in [0.25, 0.3) is 0 Å². The standard InChI is InChI=1S/C11H22N2O2/c1-4-5-6-10(14)13-9(3)7-8(2)11(12)15/h8-9H,4-7H2,1-3H3,(H2,12,15)(H,13,14)/t8?,9-/m0/s1. The third-order valence-corrected chi connectivity index (χ3v) is 2.36. The van der Waals surface area contributed by atoms with Crippen LogP contribution in [0.15, 0.2) is 0 Å². The van der Waals surface area contributed by atoms with E-state index in [0.717, 1.165) is 12.8 Å². The van der Waals surface area contributed by atoms with Crippen LogP contribution >= 0.6 is 0 Å². The van der Waals surface area contributed by atoms with Crippen LogP contribution in [-0.2, 0) is 9.59 Å². The summed E-state index contributed by atoms with van der Waals surface area (Å²) in [6.45, 7) is 5.71. The monoisotopic (exact) mass is 214 g/mol. The molecule has 0 aromatic carbocycles. The number of hydrogen-bond donors (Lipinski definition) is 2. The number of carbonyl (C=O) groups is 2. The van der Waals surface area contributed by atoms with Crippen molar-refractivity contribution in [1.82, 2.24) is 5.32 Å². The van der Waals surface area contributed by atoms with Crippen LogP contribution in [0, 0.1) is 5.92 Å². The minimum absolute atomic E-state index is 0.0110. The molecule has 0 spiro atoms. The molecular weight excluding hydrogens is 192 g/mol. The first kappa shape index (κ1) is 13.9. The summed E-state index contributed by atoms with van der Waals surface area (Å²) in [4.78, 5) is 22.1. The highest BCUT2D eigenvalue weighted by atomic mass is 16.2. The molecule has 1 unspecified atom stereocenters. The van der Waals surface area contributed by atoms with Gasteiger partial charge in [-0.25, -0.2) is 0 Å². The predicted octanol–water partition coefficient (Wildman–Crippen LogP) is 1.19. The van der Waals surface area contributed by atoms with E-state index in [2.05, 4.69) is 5.32 Å². The van der Waals surface area contributed by atoms with Gasteiger partial charge in [0.2, 0.25) is 11.8 Å². The molecule has 3 N–H and O–H groups in total. The topological polar surface area (TPSA) is 72.2 Å². The SMILES string of the molecule is CCCCC(=O)N[C@@H](C)CC(C)C(N)=O. The second kappa shape index (κ2) is 7.26. The third kappa shape index (κ3) is 6.94. The Morgan fingerprint density at radius 2 is 1.93 bits per heavy atom. The lowest BCUT2D eigenvalue weighted by Gasteiger charge is -2.16. The van der Waals surface area contributed by atoms with Crippen LogP contribution in [0.4, 0.5) is 0 Å². The molecule has 0 bridgehead atoms. The van der Waals surface area contributed by atoms with Gasteiger partial charge in [0.1, 0.15) is 0 Å². The Morgan fingerprint density at radius 3 is 2.40 bits per heavy atom. The van der Waals surface area contributed by atoms with Crippen LogP contribution in [0.5, 0.6) is 0 Å². The summed E-state index contributed by atoms with van der Waals surface area (Å²) in [6, 6.07) is 0.0110. The number of amides is 2. The molecule has 4 nitrogen and oxygen atoms in total. The van der Waals surface area contributed by atoms with Crippen molar-refractivity contribution in [3.8, 4) is 0 Å². The molecule has 0 saturated carbocycles. The quantitative estimate of drug-likeness (QED) is 0.668.